The summed E-state index contributed by atoms with van der Waals surface area (Å²) in [6.45, 7) is 4.65. The summed E-state index contributed by atoms with van der Waals surface area (Å²) in [5, 5.41) is 2.32. The number of sulfonamides is 1. The number of furan rings is 1. The summed E-state index contributed by atoms with van der Waals surface area (Å²) in [6, 6.07) is 14.7. The van der Waals surface area contributed by atoms with Crippen LogP contribution in [0.3, 0.4) is 0 Å². The summed E-state index contributed by atoms with van der Waals surface area (Å²) in [4.78, 5) is 17.6. The lowest BCUT2D eigenvalue weighted by Gasteiger charge is -2.23. The number of aromatic nitrogens is 3. The normalized spacial score (nSPS) is 15.1. The fourth-order valence-corrected chi connectivity index (χ4v) is 8.29. The van der Waals surface area contributed by atoms with Gasteiger partial charge in [-0.3, -0.25) is 9.30 Å². The van der Waals surface area contributed by atoms with Gasteiger partial charge in [-0.05, 0) is 62.1 Å². The smallest absolute Gasteiger partial charge is 0.232 e. The van der Waals surface area contributed by atoms with Crippen LogP contribution in [0.25, 0.3) is 55.2 Å². The van der Waals surface area contributed by atoms with Gasteiger partial charge in [-0.15, -0.1) is 0 Å². The third kappa shape index (κ3) is 4.84. The highest BCUT2D eigenvalue weighted by molar-refractivity contribution is 7.92. The van der Waals surface area contributed by atoms with Gasteiger partial charge in [0.1, 0.15) is 11.4 Å². The number of hydrogen-bond acceptors (Lipinski definition) is 8. The minimum absolute atomic E-state index is 0.269. The molecule has 4 aromatic heterocycles. The highest BCUT2D eigenvalue weighted by Gasteiger charge is 2.28. The van der Waals surface area contributed by atoms with Gasteiger partial charge < -0.3 is 13.9 Å². The molecule has 0 aliphatic carbocycles. The van der Waals surface area contributed by atoms with E-state index in [4.69, 9.17) is 14.4 Å². The second-order valence-electron chi connectivity index (χ2n) is 12.2. The summed E-state index contributed by atoms with van der Waals surface area (Å²) < 4.78 is 50.7. The molecular weight excluding hydrogens is 636 g/mol. The molecule has 47 heavy (non-hydrogen) atoms. The lowest BCUT2D eigenvalue weighted by atomic mass is 9.98. The molecule has 0 radical (unpaired) electrons. The van der Waals surface area contributed by atoms with Crippen molar-refractivity contribution in [2.45, 2.75) is 32.7 Å². The van der Waals surface area contributed by atoms with Crippen molar-refractivity contribution in [2.24, 2.45) is 4.99 Å². The van der Waals surface area contributed by atoms with Crippen molar-refractivity contribution >= 4 is 59.8 Å². The fourth-order valence-electron chi connectivity index (χ4n) is 6.82. The van der Waals surface area contributed by atoms with Crippen molar-refractivity contribution in [1.82, 2.24) is 14.5 Å². The molecule has 2 aromatic carbocycles. The van der Waals surface area contributed by atoms with E-state index in [0.717, 1.165) is 88.0 Å². The Bertz CT molecular complexity index is 2370. The molecule has 9 nitrogen and oxygen atoms in total. The quantitative estimate of drug-likeness (QED) is 0.172. The van der Waals surface area contributed by atoms with E-state index >= 15 is 0 Å². The van der Waals surface area contributed by atoms with E-state index < -0.39 is 10.0 Å². The second-order valence-corrected chi connectivity index (χ2v) is 15.2. The fraction of sp³-hybridized carbons (Fsp3) is 0.286. The molecule has 6 aromatic rings. The number of aryl methyl sites for hydroxylation is 2. The molecule has 8 rings (SSSR count). The number of benzene rings is 2. The molecule has 2 aliphatic heterocycles. The van der Waals surface area contributed by atoms with Crippen LogP contribution >= 0.6 is 11.3 Å². The zero-order chi connectivity index (χ0) is 32.6. The van der Waals surface area contributed by atoms with E-state index in [-0.39, 0.29) is 5.82 Å². The van der Waals surface area contributed by atoms with Crippen LogP contribution in [0, 0.1) is 5.82 Å². The number of aliphatic imine (C=N–C) groups is 1. The zero-order valence-electron chi connectivity index (χ0n) is 26.5. The Morgan fingerprint density at radius 2 is 1.89 bits per heavy atom. The number of hydrogen-bond donors (Lipinski definition) is 0. The minimum Gasteiger partial charge on any atom is -0.454 e. The maximum atomic E-state index is 14.8. The van der Waals surface area contributed by atoms with Gasteiger partial charge in [0.05, 0.1) is 51.2 Å². The van der Waals surface area contributed by atoms with Gasteiger partial charge in [0.15, 0.2) is 10.9 Å². The van der Waals surface area contributed by atoms with Crippen molar-refractivity contribution in [3.8, 4) is 33.3 Å². The second kappa shape index (κ2) is 11.0. The van der Waals surface area contributed by atoms with Crippen molar-refractivity contribution in [3.05, 3.63) is 71.7 Å². The molecular formula is C35H33FN6O3S2. The summed E-state index contributed by atoms with van der Waals surface area (Å²) in [5.41, 5.74) is 7.32. The van der Waals surface area contributed by atoms with Gasteiger partial charge in [-0.1, -0.05) is 23.5 Å². The molecule has 1 fully saturated rings. The summed E-state index contributed by atoms with van der Waals surface area (Å²) in [5.74, 6) is 0.385. The average molecular weight is 669 g/mol. The van der Waals surface area contributed by atoms with Crippen LogP contribution in [-0.4, -0.2) is 62.1 Å². The maximum absolute atomic E-state index is 14.8. The van der Waals surface area contributed by atoms with Gasteiger partial charge in [0.25, 0.3) is 0 Å². The van der Waals surface area contributed by atoms with Crippen LogP contribution in [0.2, 0.25) is 0 Å². The van der Waals surface area contributed by atoms with E-state index in [1.807, 2.05) is 43.5 Å². The predicted octanol–water partition coefficient (Wildman–Crippen LogP) is 7.37. The Morgan fingerprint density at radius 1 is 1.09 bits per heavy atom. The summed E-state index contributed by atoms with van der Waals surface area (Å²) >= 11 is 1.59. The van der Waals surface area contributed by atoms with Gasteiger partial charge in [-0.2, -0.15) is 0 Å². The first kappa shape index (κ1) is 29.8. The van der Waals surface area contributed by atoms with Gasteiger partial charge in [-0.25, -0.2) is 22.8 Å². The molecule has 240 valence electrons. The number of nitrogens with zero attached hydrogens (tertiary/aromatic N) is 6. The number of anilines is 2. The topological polar surface area (TPSA) is 96.8 Å². The molecule has 0 amide bonds. The third-order valence-electron chi connectivity index (χ3n) is 9.43. The van der Waals surface area contributed by atoms with Crippen LogP contribution in [0.1, 0.15) is 30.9 Å². The Hall–Kier alpha value is -4.55. The highest BCUT2D eigenvalue weighted by Crippen LogP contribution is 2.44. The Morgan fingerprint density at radius 3 is 2.66 bits per heavy atom. The number of thiazole rings is 1. The molecule has 0 atom stereocenters. The number of fused-ring (bicyclic) bond motifs is 6. The van der Waals surface area contributed by atoms with Gasteiger partial charge in [0, 0.05) is 61.8 Å². The lowest BCUT2D eigenvalue weighted by molar-refractivity contribution is 0.600. The Balaban J connectivity index is 1.35. The number of pyridine rings is 1. The van der Waals surface area contributed by atoms with Crippen molar-refractivity contribution in [1.29, 1.82) is 0 Å². The highest BCUT2D eigenvalue weighted by atomic mass is 32.2. The van der Waals surface area contributed by atoms with E-state index in [9.17, 15) is 12.8 Å². The van der Waals surface area contributed by atoms with Crippen LogP contribution < -0.4 is 9.21 Å². The number of rotatable bonds is 6. The Labute approximate surface area is 276 Å². The van der Waals surface area contributed by atoms with Crippen LogP contribution in [0.5, 0.6) is 0 Å². The molecule has 0 unspecified atom stereocenters. The summed E-state index contributed by atoms with van der Waals surface area (Å²) in [6.07, 6.45) is 6.09. The standard InChI is InChI=1S/C35H33FN6O3S2/c1-20(37-2)32-24-16-23(26-11-10-21-12-15-42-27-9-7-8-25(36)22(27)17-29(42)33(21)39-26)28(40(3)47(4,43)44)18-30(24)45-34(32)31-19-38-35(46-31)41-13-5-6-14-41/h7-11,16-19H,5-6,12-15H2,1-4H3. The van der Waals surface area contributed by atoms with E-state index in [1.165, 1.54) is 23.7 Å². The molecule has 1 saturated heterocycles. The maximum Gasteiger partial charge on any atom is 0.232 e. The molecule has 0 saturated carbocycles. The van der Waals surface area contributed by atoms with E-state index in [2.05, 4.69) is 14.5 Å². The van der Waals surface area contributed by atoms with Crippen LogP contribution in [0.4, 0.5) is 15.2 Å². The monoisotopic (exact) mass is 668 g/mol. The molecule has 2 aliphatic rings. The lowest BCUT2D eigenvalue weighted by Crippen LogP contribution is -2.25. The van der Waals surface area contributed by atoms with Crippen LogP contribution in [0.15, 0.2) is 64.1 Å². The van der Waals surface area contributed by atoms with Gasteiger partial charge >= 0.3 is 0 Å². The molecule has 12 heteroatoms. The third-order valence-corrected chi connectivity index (χ3v) is 11.7. The summed E-state index contributed by atoms with van der Waals surface area (Å²) in [7, 11) is -0.359. The SMILES string of the molecule is CN=C(C)c1c(-c2cnc(N3CCCC3)s2)oc2cc(N(C)S(C)(=O)=O)c(-c3ccc4c(n3)-c3cc5c(F)cccc5n3CC4)cc12. The first-order valence-electron chi connectivity index (χ1n) is 15.6. The minimum atomic E-state index is -3.64. The molecule has 6 heterocycles. The first-order chi connectivity index (χ1) is 22.6. The van der Waals surface area contributed by atoms with Crippen molar-refractivity contribution in [3.63, 3.8) is 0 Å². The Kier molecular flexibility index (Phi) is 6.99. The molecule has 0 N–H and O–H groups in total. The predicted molar refractivity (Wildman–Crippen MR) is 188 cm³/mol. The zero-order valence-corrected chi connectivity index (χ0v) is 28.2. The van der Waals surface area contributed by atoms with Crippen molar-refractivity contribution < 1.29 is 17.2 Å². The van der Waals surface area contributed by atoms with Crippen molar-refractivity contribution in [2.75, 3.05) is 42.6 Å². The van der Waals surface area contributed by atoms with E-state index in [1.54, 1.807) is 30.5 Å². The van der Waals surface area contributed by atoms with Gasteiger partial charge in [0.2, 0.25) is 10.0 Å². The van der Waals surface area contributed by atoms with Crippen LogP contribution in [-0.2, 0) is 23.0 Å². The largest absolute Gasteiger partial charge is 0.454 e. The van der Waals surface area contributed by atoms with E-state index in [0.29, 0.717) is 33.7 Å². The average Bonchev–Trinajstić information content (AvgIpc) is 3.88. The molecule has 0 bridgehead atoms. The molecule has 0 spiro atoms. The first-order valence-corrected chi connectivity index (χ1v) is 18.3. The number of halogens is 1.